The number of morpholine rings is 1. The van der Waals surface area contributed by atoms with Gasteiger partial charge in [-0.25, -0.2) is 0 Å². The zero-order valence-electron chi connectivity index (χ0n) is 13.7. The first kappa shape index (κ1) is 18.2. The van der Waals surface area contributed by atoms with Gasteiger partial charge in [0.25, 0.3) is 5.91 Å². The molecule has 1 aliphatic heterocycles. The number of carbonyl (C=O) groups is 1. The monoisotopic (exact) mass is 379 g/mol. The highest BCUT2D eigenvalue weighted by Gasteiger charge is 2.41. The number of likely N-dealkylation sites (N-methyl/N-ethyl adjacent to an activating group) is 1. The standard InChI is InChI=1S/C19H19Cl2NO3/c1-22-17(12-2-6-14(20)7-3-12)18(13-4-8-15(21)9-5-13)25-16(10-11-23)19(22)24/h2-9,16-18,23H,10-11H2,1H3/t16-,17+,18-/m1/s1. The van der Waals surface area contributed by atoms with Crippen LogP contribution in [0.25, 0.3) is 0 Å². The summed E-state index contributed by atoms with van der Waals surface area (Å²) in [4.78, 5) is 14.3. The first-order valence-electron chi connectivity index (χ1n) is 8.05. The van der Waals surface area contributed by atoms with Crippen molar-refractivity contribution >= 4 is 29.1 Å². The number of amides is 1. The highest BCUT2D eigenvalue weighted by atomic mass is 35.5. The van der Waals surface area contributed by atoms with Gasteiger partial charge in [-0.2, -0.15) is 0 Å². The van der Waals surface area contributed by atoms with E-state index in [4.69, 9.17) is 27.9 Å². The largest absolute Gasteiger partial charge is 0.396 e. The minimum Gasteiger partial charge on any atom is -0.396 e. The highest BCUT2D eigenvalue weighted by Crippen LogP contribution is 2.42. The molecule has 3 atom stereocenters. The van der Waals surface area contributed by atoms with E-state index in [2.05, 4.69) is 0 Å². The number of halogens is 2. The Hall–Kier alpha value is -1.59. The molecule has 1 aliphatic rings. The number of rotatable bonds is 4. The second-order valence-corrected chi connectivity index (χ2v) is 6.93. The van der Waals surface area contributed by atoms with Crippen molar-refractivity contribution in [1.29, 1.82) is 0 Å². The van der Waals surface area contributed by atoms with Gasteiger partial charge in [0.2, 0.25) is 0 Å². The van der Waals surface area contributed by atoms with E-state index in [1.165, 1.54) is 0 Å². The molecule has 132 valence electrons. The third-order valence-corrected chi connectivity index (χ3v) is 4.94. The van der Waals surface area contributed by atoms with Crippen LogP contribution in [0.5, 0.6) is 0 Å². The van der Waals surface area contributed by atoms with Crippen LogP contribution >= 0.6 is 23.2 Å². The molecule has 6 heteroatoms. The van der Waals surface area contributed by atoms with Gasteiger partial charge in [-0.1, -0.05) is 47.5 Å². The van der Waals surface area contributed by atoms with Crippen LogP contribution in [-0.2, 0) is 9.53 Å². The Labute approximate surface area is 156 Å². The van der Waals surface area contributed by atoms with Crippen molar-refractivity contribution < 1.29 is 14.6 Å². The number of nitrogens with zero attached hydrogens (tertiary/aromatic N) is 1. The van der Waals surface area contributed by atoms with E-state index in [0.29, 0.717) is 10.0 Å². The summed E-state index contributed by atoms with van der Waals surface area (Å²) in [6.45, 7) is -0.108. The predicted molar refractivity (Wildman–Crippen MR) is 97.7 cm³/mol. The van der Waals surface area contributed by atoms with Crippen LogP contribution in [0.1, 0.15) is 29.7 Å². The average molecular weight is 380 g/mol. The maximum absolute atomic E-state index is 12.6. The molecule has 0 spiro atoms. The van der Waals surface area contributed by atoms with E-state index in [0.717, 1.165) is 11.1 Å². The number of benzene rings is 2. The Morgan fingerprint density at radius 3 is 2.04 bits per heavy atom. The minimum atomic E-state index is -0.667. The molecule has 0 aliphatic carbocycles. The summed E-state index contributed by atoms with van der Waals surface area (Å²) in [5.74, 6) is -0.140. The SMILES string of the molecule is CN1C(=O)[C@@H](CCO)O[C@H](c2ccc(Cl)cc2)[C@@H]1c1ccc(Cl)cc1. The number of hydrogen-bond acceptors (Lipinski definition) is 3. The lowest BCUT2D eigenvalue weighted by molar-refractivity contribution is -0.173. The number of aliphatic hydroxyl groups excluding tert-OH is 1. The van der Waals surface area contributed by atoms with Gasteiger partial charge in [-0.3, -0.25) is 4.79 Å². The molecular weight excluding hydrogens is 361 g/mol. The average Bonchev–Trinajstić information content (AvgIpc) is 2.61. The minimum absolute atomic E-state index is 0.108. The van der Waals surface area contributed by atoms with Crippen molar-refractivity contribution in [1.82, 2.24) is 4.90 Å². The van der Waals surface area contributed by atoms with E-state index in [9.17, 15) is 9.90 Å². The number of hydrogen-bond donors (Lipinski definition) is 1. The fourth-order valence-electron chi connectivity index (χ4n) is 3.16. The molecule has 25 heavy (non-hydrogen) atoms. The quantitative estimate of drug-likeness (QED) is 0.872. The van der Waals surface area contributed by atoms with Crippen LogP contribution in [0.4, 0.5) is 0 Å². The summed E-state index contributed by atoms with van der Waals surface area (Å²) in [6.07, 6.45) is -0.766. The second-order valence-electron chi connectivity index (χ2n) is 6.05. The Balaban J connectivity index is 2.02. The molecule has 0 saturated carbocycles. The van der Waals surface area contributed by atoms with Gasteiger partial charge in [0, 0.05) is 30.1 Å². The number of carbonyl (C=O) groups excluding carboxylic acids is 1. The van der Waals surface area contributed by atoms with Gasteiger partial charge in [-0.15, -0.1) is 0 Å². The smallest absolute Gasteiger partial charge is 0.252 e. The molecule has 0 unspecified atom stereocenters. The zero-order valence-corrected chi connectivity index (χ0v) is 15.2. The van der Waals surface area contributed by atoms with Crippen molar-refractivity contribution in [3.8, 4) is 0 Å². The summed E-state index contributed by atoms with van der Waals surface area (Å²) >= 11 is 12.0. The molecule has 0 aromatic heterocycles. The Bertz CT molecular complexity index is 733. The summed E-state index contributed by atoms with van der Waals surface area (Å²) < 4.78 is 6.11. The van der Waals surface area contributed by atoms with Crippen LogP contribution in [0.15, 0.2) is 48.5 Å². The first-order chi connectivity index (χ1) is 12.0. The Kier molecular flexibility index (Phi) is 5.64. The lowest BCUT2D eigenvalue weighted by atomic mass is 9.92. The fourth-order valence-corrected chi connectivity index (χ4v) is 3.41. The second kappa shape index (κ2) is 7.75. The van der Waals surface area contributed by atoms with Gasteiger partial charge in [0.05, 0.1) is 6.04 Å². The van der Waals surface area contributed by atoms with Crippen molar-refractivity contribution in [3.63, 3.8) is 0 Å². The normalized spacial score (nSPS) is 23.8. The molecule has 1 saturated heterocycles. The summed E-state index contributed by atoms with van der Waals surface area (Å²) in [7, 11) is 1.76. The van der Waals surface area contributed by atoms with Crippen LogP contribution in [0.2, 0.25) is 10.0 Å². The molecule has 1 heterocycles. The lowest BCUT2D eigenvalue weighted by Crippen LogP contribution is -2.49. The van der Waals surface area contributed by atoms with Crippen LogP contribution in [0.3, 0.4) is 0 Å². The molecule has 1 N–H and O–H groups in total. The maximum atomic E-state index is 12.6. The van der Waals surface area contributed by atoms with Crippen molar-refractivity contribution in [2.24, 2.45) is 0 Å². The van der Waals surface area contributed by atoms with E-state index >= 15 is 0 Å². The number of ether oxygens (including phenoxy) is 1. The van der Waals surface area contributed by atoms with Crippen molar-refractivity contribution in [2.75, 3.05) is 13.7 Å². The Morgan fingerprint density at radius 2 is 1.52 bits per heavy atom. The summed E-state index contributed by atoms with van der Waals surface area (Å²) in [5, 5.41) is 10.5. The van der Waals surface area contributed by atoms with Gasteiger partial charge in [-0.05, 0) is 35.4 Å². The molecule has 2 aromatic carbocycles. The summed E-state index contributed by atoms with van der Waals surface area (Å²) in [5.41, 5.74) is 1.86. The summed E-state index contributed by atoms with van der Waals surface area (Å²) in [6, 6.07) is 14.5. The van der Waals surface area contributed by atoms with Crippen LogP contribution in [0, 0.1) is 0 Å². The zero-order chi connectivity index (χ0) is 18.0. The molecule has 2 aromatic rings. The molecule has 3 rings (SSSR count). The maximum Gasteiger partial charge on any atom is 0.252 e. The van der Waals surface area contributed by atoms with Gasteiger partial charge in [0.15, 0.2) is 0 Å². The van der Waals surface area contributed by atoms with E-state index in [-0.39, 0.29) is 31.1 Å². The van der Waals surface area contributed by atoms with E-state index in [1.807, 2.05) is 24.3 Å². The third kappa shape index (κ3) is 3.82. The predicted octanol–water partition coefficient (Wildman–Crippen LogP) is 4.02. The molecule has 1 amide bonds. The molecule has 0 radical (unpaired) electrons. The van der Waals surface area contributed by atoms with Gasteiger partial charge in [0.1, 0.15) is 12.2 Å². The lowest BCUT2D eigenvalue weighted by Gasteiger charge is -2.43. The van der Waals surface area contributed by atoms with E-state index in [1.54, 1.807) is 36.2 Å². The number of aliphatic hydroxyl groups is 1. The van der Waals surface area contributed by atoms with Crippen molar-refractivity contribution in [2.45, 2.75) is 24.7 Å². The van der Waals surface area contributed by atoms with Crippen LogP contribution < -0.4 is 0 Å². The highest BCUT2D eigenvalue weighted by molar-refractivity contribution is 6.30. The van der Waals surface area contributed by atoms with Gasteiger partial charge >= 0.3 is 0 Å². The first-order valence-corrected chi connectivity index (χ1v) is 8.81. The molecule has 1 fully saturated rings. The van der Waals surface area contributed by atoms with Crippen LogP contribution in [-0.4, -0.2) is 35.7 Å². The molecule has 0 bridgehead atoms. The molecular formula is C19H19Cl2NO3. The van der Waals surface area contributed by atoms with E-state index < -0.39 is 6.10 Å². The Morgan fingerprint density at radius 1 is 1.00 bits per heavy atom. The topological polar surface area (TPSA) is 49.8 Å². The molecule has 4 nitrogen and oxygen atoms in total. The fraction of sp³-hybridized carbons (Fsp3) is 0.316. The third-order valence-electron chi connectivity index (χ3n) is 4.44. The van der Waals surface area contributed by atoms with Crippen molar-refractivity contribution in [3.05, 3.63) is 69.7 Å². The van der Waals surface area contributed by atoms with Gasteiger partial charge < -0.3 is 14.7 Å².